The summed E-state index contributed by atoms with van der Waals surface area (Å²) in [6.45, 7) is 0. The molecule has 1 fully saturated rings. The maximum atomic E-state index is 12.1. The molecule has 1 saturated carbocycles. The molecule has 1 aromatic carbocycles. The van der Waals surface area contributed by atoms with Crippen molar-refractivity contribution in [2.24, 2.45) is 18.7 Å². The molecule has 1 heterocycles. The van der Waals surface area contributed by atoms with Crippen molar-refractivity contribution in [3.8, 4) is 0 Å². The minimum Gasteiger partial charge on any atom is -0.408 e. The first-order valence-electron chi connectivity index (χ1n) is 7.19. The van der Waals surface area contributed by atoms with E-state index in [1.165, 1.54) is 4.57 Å². The van der Waals surface area contributed by atoms with Crippen molar-refractivity contribution in [3.63, 3.8) is 0 Å². The fourth-order valence-electron chi connectivity index (χ4n) is 2.97. The number of nitrogens with zero attached hydrogens (tertiary/aromatic N) is 1. The van der Waals surface area contributed by atoms with Gasteiger partial charge in [0.1, 0.15) is 0 Å². The van der Waals surface area contributed by atoms with Gasteiger partial charge in [-0.25, -0.2) is 4.79 Å². The van der Waals surface area contributed by atoms with Crippen molar-refractivity contribution in [2.45, 2.75) is 31.7 Å². The Morgan fingerprint density at radius 3 is 2.91 bits per heavy atom. The van der Waals surface area contributed by atoms with Crippen LogP contribution in [0.3, 0.4) is 0 Å². The van der Waals surface area contributed by atoms with Gasteiger partial charge in [-0.1, -0.05) is 6.42 Å². The van der Waals surface area contributed by atoms with E-state index >= 15 is 0 Å². The number of nitrogens with two attached hydrogens (primary N) is 1. The third-order valence-electron chi connectivity index (χ3n) is 4.24. The SMILES string of the molecule is Cl.Cn1c(=O)oc2ccc(NC(=O)C[C@@H]3CCC[C@H]3N)cc21. The third-order valence-corrected chi connectivity index (χ3v) is 4.24. The van der Waals surface area contributed by atoms with Gasteiger partial charge in [-0.3, -0.25) is 9.36 Å². The molecule has 0 spiro atoms. The number of halogens is 1. The summed E-state index contributed by atoms with van der Waals surface area (Å²) in [6, 6.07) is 5.30. The van der Waals surface area contributed by atoms with Crippen molar-refractivity contribution < 1.29 is 9.21 Å². The lowest BCUT2D eigenvalue weighted by molar-refractivity contribution is -0.117. The van der Waals surface area contributed by atoms with Crippen LogP contribution in [-0.4, -0.2) is 16.5 Å². The Kier molecular flexibility index (Phi) is 4.93. The molecule has 0 unspecified atom stereocenters. The molecule has 3 N–H and O–H groups in total. The summed E-state index contributed by atoms with van der Waals surface area (Å²) in [6.07, 6.45) is 3.57. The zero-order valence-corrected chi connectivity index (χ0v) is 13.2. The minimum absolute atomic E-state index is 0. The molecule has 1 aliphatic rings. The van der Waals surface area contributed by atoms with Crippen LogP contribution in [0, 0.1) is 5.92 Å². The predicted molar refractivity (Wildman–Crippen MR) is 87.3 cm³/mol. The van der Waals surface area contributed by atoms with Crippen molar-refractivity contribution in [2.75, 3.05) is 5.32 Å². The van der Waals surface area contributed by atoms with Gasteiger partial charge in [0.05, 0.1) is 5.52 Å². The van der Waals surface area contributed by atoms with Crippen LogP contribution >= 0.6 is 12.4 Å². The highest BCUT2D eigenvalue weighted by Crippen LogP contribution is 2.27. The number of rotatable bonds is 3. The van der Waals surface area contributed by atoms with Crippen molar-refractivity contribution in [3.05, 3.63) is 28.7 Å². The number of fused-ring (bicyclic) bond motifs is 1. The number of hydrogen-bond donors (Lipinski definition) is 2. The molecule has 1 amide bonds. The van der Waals surface area contributed by atoms with Gasteiger partial charge in [-0.15, -0.1) is 12.4 Å². The predicted octanol–water partition coefficient (Wildman–Crippen LogP) is 2.01. The molecule has 1 aromatic heterocycles. The van der Waals surface area contributed by atoms with Crippen molar-refractivity contribution in [1.82, 2.24) is 4.57 Å². The Balaban J connectivity index is 0.00000176. The highest BCUT2D eigenvalue weighted by Gasteiger charge is 2.26. The van der Waals surface area contributed by atoms with Crippen LogP contribution in [0.2, 0.25) is 0 Å². The number of amides is 1. The van der Waals surface area contributed by atoms with Gasteiger partial charge in [-0.05, 0) is 37.0 Å². The van der Waals surface area contributed by atoms with Gasteiger partial charge in [0.25, 0.3) is 0 Å². The molecule has 0 radical (unpaired) electrons. The summed E-state index contributed by atoms with van der Waals surface area (Å²) in [5.41, 5.74) is 7.82. The molecule has 0 aliphatic heterocycles. The Bertz CT molecular complexity index is 737. The fraction of sp³-hybridized carbons (Fsp3) is 0.467. The smallest absolute Gasteiger partial charge is 0.408 e. The number of carbonyl (C=O) groups is 1. The summed E-state index contributed by atoms with van der Waals surface area (Å²) >= 11 is 0. The molecule has 1 aliphatic carbocycles. The minimum atomic E-state index is -0.412. The molecule has 0 bridgehead atoms. The summed E-state index contributed by atoms with van der Waals surface area (Å²) in [5.74, 6) is -0.178. The fourth-order valence-corrected chi connectivity index (χ4v) is 2.97. The topological polar surface area (TPSA) is 90.3 Å². The largest absolute Gasteiger partial charge is 0.419 e. The Hall–Kier alpha value is -1.79. The average molecular weight is 326 g/mol. The van der Waals surface area contributed by atoms with E-state index in [1.54, 1.807) is 25.2 Å². The van der Waals surface area contributed by atoms with Gasteiger partial charge in [0, 0.05) is 25.2 Å². The monoisotopic (exact) mass is 325 g/mol. The summed E-state index contributed by atoms with van der Waals surface area (Å²) in [5, 5.41) is 2.87. The van der Waals surface area contributed by atoms with E-state index in [1.807, 2.05) is 0 Å². The molecular formula is C15H20ClN3O3. The van der Waals surface area contributed by atoms with E-state index in [9.17, 15) is 9.59 Å². The van der Waals surface area contributed by atoms with Crippen LogP contribution < -0.4 is 16.8 Å². The molecule has 22 heavy (non-hydrogen) atoms. The summed E-state index contributed by atoms with van der Waals surface area (Å²) in [7, 11) is 1.64. The van der Waals surface area contributed by atoms with Crippen molar-refractivity contribution >= 4 is 35.1 Å². The number of benzene rings is 1. The second-order valence-electron chi connectivity index (χ2n) is 5.72. The van der Waals surface area contributed by atoms with Crippen LogP contribution in [0.5, 0.6) is 0 Å². The highest BCUT2D eigenvalue weighted by molar-refractivity contribution is 5.93. The molecular weight excluding hydrogens is 306 g/mol. The number of carbonyl (C=O) groups excluding carboxylic acids is 1. The lowest BCUT2D eigenvalue weighted by atomic mass is 10.00. The van der Waals surface area contributed by atoms with Crippen LogP contribution in [0.1, 0.15) is 25.7 Å². The first-order valence-corrected chi connectivity index (χ1v) is 7.19. The zero-order chi connectivity index (χ0) is 15.0. The molecule has 120 valence electrons. The van der Waals surface area contributed by atoms with Gasteiger partial charge in [-0.2, -0.15) is 0 Å². The Labute approximate surface area is 134 Å². The van der Waals surface area contributed by atoms with Crippen LogP contribution in [-0.2, 0) is 11.8 Å². The lowest BCUT2D eigenvalue weighted by Gasteiger charge is -2.14. The van der Waals surface area contributed by atoms with E-state index in [4.69, 9.17) is 10.2 Å². The Morgan fingerprint density at radius 1 is 1.45 bits per heavy atom. The molecule has 7 heteroatoms. The van der Waals surface area contributed by atoms with E-state index in [2.05, 4.69) is 5.32 Å². The van der Waals surface area contributed by atoms with Crippen LogP contribution in [0.4, 0.5) is 5.69 Å². The average Bonchev–Trinajstić information content (AvgIpc) is 2.96. The molecule has 2 aromatic rings. The van der Waals surface area contributed by atoms with E-state index in [-0.39, 0.29) is 30.3 Å². The first-order chi connectivity index (χ1) is 10.0. The van der Waals surface area contributed by atoms with Gasteiger partial charge < -0.3 is 15.5 Å². The summed E-state index contributed by atoms with van der Waals surface area (Å²) in [4.78, 5) is 23.5. The van der Waals surface area contributed by atoms with Gasteiger partial charge in [0.15, 0.2) is 5.58 Å². The second-order valence-corrected chi connectivity index (χ2v) is 5.72. The number of aromatic nitrogens is 1. The number of aryl methyl sites for hydroxylation is 1. The highest BCUT2D eigenvalue weighted by atomic mass is 35.5. The normalized spacial score (nSPS) is 20.8. The number of oxazole rings is 1. The van der Waals surface area contributed by atoms with E-state index in [0.717, 1.165) is 19.3 Å². The first kappa shape index (κ1) is 16.6. The third kappa shape index (κ3) is 3.18. The molecule has 3 rings (SSSR count). The maximum absolute atomic E-state index is 12.1. The number of hydrogen-bond acceptors (Lipinski definition) is 4. The Morgan fingerprint density at radius 2 is 2.23 bits per heavy atom. The molecule has 0 saturated heterocycles. The number of nitrogens with one attached hydrogen (secondary N) is 1. The van der Waals surface area contributed by atoms with Crippen LogP contribution in [0.15, 0.2) is 27.4 Å². The quantitative estimate of drug-likeness (QED) is 0.903. The standard InChI is InChI=1S/C15H19N3O3.ClH/c1-18-12-8-10(5-6-13(12)21-15(18)20)17-14(19)7-9-3-2-4-11(9)16;/h5-6,8-9,11H,2-4,7,16H2,1H3,(H,17,19);1H/t9-,11+;/m0./s1. The second kappa shape index (κ2) is 6.54. The lowest BCUT2D eigenvalue weighted by Crippen LogP contribution is -2.28. The summed E-state index contributed by atoms with van der Waals surface area (Å²) < 4.78 is 6.47. The number of anilines is 1. The van der Waals surface area contributed by atoms with Gasteiger partial charge >= 0.3 is 5.76 Å². The van der Waals surface area contributed by atoms with E-state index in [0.29, 0.717) is 23.2 Å². The maximum Gasteiger partial charge on any atom is 0.419 e. The zero-order valence-electron chi connectivity index (χ0n) is 12.4. The van der Waals surface area contributed by atoms with E-state index < -0.39 is 5.76 Å². The van der Waals surface area contributed by atoms with Crippen molar-refractivity contribution in [1.29, 1.82) is 0 Å². The molecule has 6 nitrogen and oxygen atoms in total. The molecule has 2 atom stereocenters. The van der Waals surface area contributed by atoms with Crippen LogP contribution in [0.25, 0.3) is 11.1 Å². The van der Waals surface area contributed by atoms with Gasteiger partial charge in [0.2, 0.25) is 5.91 Å².